The molecule has 0 unspecified atom stereocenters. The third-order valence-corrected chi connectivity index (χ3v) is 5.84. The van der Waals surface area contributed by atoms with Crippen molar-refractivity contribution < 1.29 is 4.39 Å². The van der Waals surface area contributed by atoms with E-state index in [1.807, 2.05) is 0 Å². The fourth-order valence-corrected chi connectivity index (χ4v) is 4.05. The van der Waals surface area contributed by atoms with E-state index in [0.29, 0.717) is 18.4 Å². The molecule has 0 radical (unpaired) electrons. The number of hydrogen-bond acceptors (Lipinski definition) is 5. The van der Waals surface area contributed by atoms with Crippen LogP contribution in [0.2, 0.25) is 0 Å². The largest absolute Gasteiger partial charge is 0.356 e. The SMILES string of the molecule is O=c1cc(C2CC2)ncn1CC1CCN(c2ncnc3ccc(F)cc23)CC1. The molecule has 0 atom stereocenters. The Morgan fingerprint density at radius 1 is 1.04 bits per heavy atom. The summed E-state index contributed by atoms with van der Waals surface area (Å²) in [5.41, 5.74) is 1.75. The molecule has 1 aromatic carbocycles. The zero-order valence-electron chi connectivity index (χ0n) is 15.6. The Kier molecular flexibility index (Phi) is 4.30. The van der Waals surface area contributed by atoms with Gasteiger partial charge in [-0.25, -0.2) is 19.3 Å². The predicted octanol–water partition coefficient (Wildman–Crippen LogP) is 3.12. The fourth-order valence-electron chi connectivity index (χ4n) is 4.05. The smallest absolute Gasteiger partial charge is 0.253 e. The minimum absolute atomic E-state index is 0.0524. The molecule has 5 rings (SSSR count). The molecule has 2 aliphatic rings. The van der Waals surface area contributed by atoms with Crippen LogP contribution >= 0.6 is 0 Å². The predicted molar refractivity (Wildman–Crippen MR) is 105 cm³/mol. The second kappa shape index (κ2) is 6.96. The summed E-state index contributed by atoms with van der Waals surface area (Å²) in [5.74, 6) is 1.43. The third-order valence-electron chi connectivity index (χ3n) is 5.84. The van der Waals surface area contributed by atoms with Gasteiger partial charge in [-0.2, -0.15) is 0 Å². The summed E-state index contributed by atoms with van der Waals surface area (Å²) in [6, 6.07) is 6.32. The van der Waals surface area contributed by atoms with Crippen LogP contribution in [0, 0.1) is 11.7 Å². The molecule has 28 heavy (non-hydrogen) atoms. The van der Waals surface area contributed by atoms with Crippen molar-refractivity contribution in [3.05, 3.63) is 58.8 Å². The first-order valence-corrected chi connectivity index (χ1v) is 9.89. The van der Waals surface area contributed by atoms with Gasteiger partial charge in [-0.1, -0.05) is 0 Å². The van der Waals surface area contributed by atoms with E-state index >= 15 is 0 Å². The minimum Gasteiger partial charge on any atom is -0.356 e. The van der Waals surface area contributed by atoms with Gasteiger partial charge in [-0.05, 0) is 49.8 Å². The van der Waals surface area contributed by atoms with Crippen molar-refractivity contribution in [2.75, 3.05) is 18.0 Å². The van der Waals surface area contributed by atoms with Crippen LogP contribution in [-0.4, -0.2) is 32.6 Å². The summed E-state index contributed by atoms with van der Waals surface area (Å²) in [6.45, 7) is 2.36. The van der Waals surface area contributed by atoms with Crippen molar-refractivity contribution in [3.63, 3.8) is 0 Å². The summed E-state index contributed by atoms with van der Waals surface area (Å²) < 4.78 is 15.4. The molecular formula is C21H22FN5O. The Morgan fingerprint density at radius 2 is 1.86 bits per heavy atom. The average Bonchev–Trinajstić information content (AvgIpc) is 3.55. The normalized spacial score (nSPS) is 18.0. The van der Waals surface area contributed by atoms with E-state index in [9.17, 15) is 9.18 Å². The number of fused-ring (bicyclic) bond motifs is 1. The molecule has 1 saturated heterocycles. The lowest BCUT2D eigenvalue weighted by atomic mass is 9.96. The maximum atomic E-state index is 13.7. The number of rotatable bonds is 4. The molecular weight excluding hydrogens is 357 g/mol. The van der Waals surface area contributed by atoms with Gasteiger partial charge >= 0.3 is 0 Å². The van der Waals surface area contributed by atoms with E-state index in [4.69, 9.17) is 0 Å². The van der Waals surface area contributed by atoms with Crippen LogP contribution in [0.25, 0.3) is 10.9 Å². The molecule has 0 N–H and O–H groups in total. The highest BCUT2D eigenvalue weighted by atomic mass is 19.1. The lowest BCUT2D eigenvalue weighted by molar-refractivity contribution is 0.350. The lowest BCUT2D eigenvalue weighted by Gasteiger charge is -2.33. The Morgan fingerprint density at radius 3 is 2.61 bits per heavy atom. The van der Waals surface area contributed by atoms with Crippen LogP contribution in [0.4, 0.5) is 10.2 Å². The van der Waals surface area contributed by atoms with Crippen LogP contribution in [0.5, 0.6) is 0 Å². The van der Waals surface area contributed by atoms with Crippen molar-refractivity contribution in [2.24, 2.45) is 5.92 Å². The molecule has 0 bridgehead atoms. The molecule has 2 aromatic heterocycles. The molecule has 1 aliphatic heterocycles. The second-order valence-electron chi connectivity index (χ2n) is 7.87. The Bertz CT molecular complexity index is 1070. The van der Waals surface area contributed by atoms with E-state index in [1.165, 1.54) is 18.5 Å². The van der Waals surface area contributed by atoms with Gasteiger partial charge in [-0.3, -0.25) is 9.36 Å². The number of aromatic nitrogens is 4. The number of halogens is 1. The van der Waals surface area contributed by atoms with Crippen molar-refractivity contribution >= 4 is 16.7 Å². The number of hydrogen-bond donors (Lipinski definition) is 0. The minimum atomic E-state index is -0.278. The van der Waals surface area contributed by atoms with E-state index < -0.39 is 0 Å². The van der Waals surface area contributed by atoms with Gasteiger partial charge in [0, 0.05) is 37.0 Å². The van der Waals surface area contributed by atoms with Gasteiger partial charge in [0.05, 0.1) is 17.5 Å². The van der Waals surface area contributed by atoms with Gasteiger partial charge in [0.2, 0.25) is 0 Å². The van der Waals surface area contributed by atoms with Crippen molar-refractivity contribution in [1.82, 2.24) is 19.5 Å². The second-order valence-corrected chi connectivity index (χ2v) is 7.87. The Hall–Kier alpha value is -2.83. The van der Waals surface area contributed by atoms with Gasteiger partial charge in [0.25, 0.3) is 5.56 Å². The Balaban J connectivity index is 1.28. The third kappa shape index (κ3) is 3.37. The van der Waals surface area contributed by atoms with Gasteiger partial charge < -0.3 is 4.90 Å². The van der Waals surface area contributed by atoms with Gasteiger partial charge in [0.1, 0.15) is 18.0 Å². The molecule has 0 spiro atoms. The topological polar surface area (TPSA) is 63.9 Å². The van der Waals surface area contributed by atoms with E-state index in [-0.39, 0.29) is 11.4 Å². The number of benzene rings is 1. The highest BCUT2D eigenvalue weighted by Gasteiger charge is 2.26. The number of nitrogens with zero attached hydrogens (tertiary/aromatic N) is 5. The fraction of sp³-hybridized carbons (Fsp3) is 0.429. The zero-order chi connectivity index (χ0) is 19.1. The molecule has 6 nitrogen and oxygen atoms in total. The quantitative estimate of drug-likeness (QED) is 0.697. The highest BCUT2D eigenvalue weighted by Crippen LogP contribution is 2.38. The van der Waals surface area contributed by atoms with Gasteiger partial charge in [0.15, 0.2) is 0 Å². The maximum absolute atomic E-state index is 13.7. The molecule has 2 fully saturated rings. The van der Waals surface area contributed by atoms with Crippen LogP contribution in [0.15, 0.2) is 41.7 Å². The van der Waals surface area contributed by atoms with Crippen LogP contribution in [0.1, 0.15) is 37.3 Å². The first-order valence-electron chi connectivity index (χ1n) is 9.89. The molecule has 3 heterocycles. The number of piperidine rings is 1. The summed E-state index contributed by atoms with van der Waals surface area (Å²) in [6.07, 6.45) is 7.46. The van der Waals surface area contributed by atoms with E-state index in [1.54, 1.807) is 23.0 Å². The van der Waals surface area contributed by atoms with Crippen LogP contribution < -0.4 is 10.5 Å². The Labute approximate surface area is 162 Å². The molecule has 0 amide bonds. The van der Waals surface area contributed by atoms with Crippen LogP contribution in [0.3, 0.4) is 0 Å². The monoisotopic (exact) mass is 379 g/mol. The molecule has 7 heteroatoms. The zero-order valence-corrected chi connectivity index (χ0v) is 15.6. The van der Waals surface area contributed by atoms with Gasteiger partial charge in [-0.15, -0.1) is 0 Å². The molecule has 1 saturated carbocycles. The van der Waals surface area contributed by atoms with Crippen molar-refractivity contribution in [2.45, 2.75) is 38.1 Å². The summed E-state index contributed by atoms with van der Waals surface area (Å²) in [5, 5.41) is 0.747. The highest BCUT2D eigenvalue weighted by molar-refractivity contribution is 5.89. The number of anilines is 1. The lowest BCUT2D eigenvalue weighted by Crippen LogP contribution is -2.37. The molecule has 1 aliphatic carbocycles. The first-order chi connectivity index (χ1) is 13.7. The summed E-state index contributed by atoms with van der Waals surface area (Å²) in [7, 11) is 0. The van der Waals surface area contributed by atoms with E-state index in [2.05, 4.69) is 19.9 Å². The standard InChI is InChI=1S/C21H22FN5O/c22-16-3-4-18-17(9-16)21(24-12-23-18)26-7-5-14(6-8-26)11-27-13-25-19(10-20(27)28)15-1-2-15/h3-4,9-10,12-15H,1-2,5-8,11H2. The van der Waals surface area contributed by atoms with Crippen molar-refractivity contribution in [3.8, 4) is 0 Å². The maximum Gasteiger partial charge on any atom is 0.253 e. The molecule has 3 aromatic rings. The van der Waals surface area contributed by atoms with Crippen LogP contribution in [-0.2, 0) is 6.54 Å². The van der Waals surface area contributed by atoms with Crippen molar-refractivity contribution in [1.29, 1.82) is 0 Å². The first kappa shape index (κ1) is 17.3. The average molecular weight is 379 g/mol. The summed E-state index contributed by atoms with van der Waals surface area (Å²) >= 11 is 0. The van der Waals surface area contributed by atoms with E-state index in [0.717, 1.165) is 61.2 Å². The molecule has 144 valence electrons. The summed E-state index contributed by atoms with van der Waals surface area (Å²) in [4.78, 5) is 27.7.